The van der Waals surface area contributed by atoms with E-state index in [1.54, 1.807) is 0 Å². The summed E-state index contributed by atoms with van der Waals surface area (Å²) in [5.41, 5.74) is 29.4. The van der Waals surface area contributed by atoms with Crippen LogP contribution in [0.4, 0.5) is 0 Å². The van der Waals surface area contributed by atoms with Crippen LogP contribution in [0.1, 0.15) is 25.7 Å². The number of nitrogens with one attached hydrogen (secondary N) is 1. The largest absolute Gasteiger partial charge is 0.394 e. The van der Waals surface area contributed by atoms with Gasteiger partial charge in [-0.2, -0.15) is 0 Å². The zero-order chi connectivity index (χ0) is 29.7. The Balaban J connectivity index is 1.82. The predicted molar refractivity (Wildman–Crippen MR) is 137 cm³/mol. The maximum Gasteiger partial charge on any atom is 0.249 e. The first kappa shape index (κ1) is 33.4. The first-order valence-corrected chi connectivity index (χ1v) is 13.5. The Bertz CT molecular complexity index is 802. The zero-order valence-corrected chi connectivity index (χ0v) is 22.2. The van der Waals surface area contributed by atoms with E-state index in [9.17, 15) is 35.4 Å². The zero-order valence-electron chi connectivity index (χ0n) is 22.2. The molecule has 0 aromatic heterocycles. The van der Waals surface area contributed by atoms with Crippen molar-refractivity contribution in [1.29, 1.82) is 0 Å². The molecule has 234 valence electrons. The molecular weight excluding hydrogens is 536 g/mol. The van der Waals surface area contributed by atoms with Gasteiger partial charge in [0.15, 0.2) is 12.6 Å². The first-order chi connectivity index (χ1) is 18.9. The summed E-state index contributed by atoms with van der Waals surface area (Å²) in [5, 5.41) is 64.6. The molecule has 17 heteroatoms. The molecular formula is C23H46N6O11. The Kier molecular flexibility index (Phi) is 12.4. The van der Waals surface area contributed by atoms with Crippen LogP contribution in [0, 0.1) is 0 Å². The Labute approximate surface area is 231 Å². The van der Waals surface area contributed by atoms with Gasteiger partial charge in [-0.25, -0.2) is 0 Å². The van der Waals surface area contributed by atoms with E-state index >= 15 is 0 Å². The minimum atomic E-state index is -1.58. The Morgan fingerprint density at radius 1 is 0.925 bits per heavy atom. The van der Waals surface area contributed by atoms with Gasteiger partial charge in [0.2, 0.25) is 5.91 Å². The van der Waals surface area contributed by atoms with Crippen LogP contribution >= 0.6 is 0 Å². The van der Waals surface area contributed by atoms with Crippen molar-refractivity contribution in [1.82, 2.24) is 5.32 Å². The van der Waals surface area contributed by atoms with Crippen molar-refractivity contribution in [2.75, 3.05) is 19.7 Å². The van der Waals surface area contributed by atoms with Crippen molar-refractivity contribution in [3.05, 3.63) is 0 Å². The van der Waals surface area contributed by atoms with Gasteiger partial charge in [-0.15, -0.1) is 0 Å². The molecule has 0 aromatic rings. The highest BCUT2D eigenvalue weighted by molar-refractivity contribution is 5.80. The maximum absolute atomic E-state index is 12.6. The van der Waals surface area contributed by atoms with Crippen LogP contribution in [-0.2, 0) is 23.7 Å². The SMILES string of the molecule is NCC[C@H](O)C(=O)N[C@@H]1C[C@H](N)C(O[C@@H]2OC(C(O)CN)CCC2N)C(O)[C@@H]1O[C@@H]1OC(CO)[C@H](O)[C@H](N)C1O. The van der Waals surface area contributed by atoms with Crippen LogP contribution in [0.15, 0.2) is 0 Å². The highest BCUT2D eigenvalue weighted by Gasteiger charge is 2.51. The second-order valence-electron chi connectivity index (χ2n) is 10.7. The lowest BCUT2D eigenvalue weighted by Crippen LogP contribution is -2.69. The molecule has 40 heavy (non-hydrogen) atoms. The first-order valence-electron chi connectivity index (χ1n) is 13.5. The number of aliphatic hydroxyl groups excluding tert-OH is 6. The molecule has 15 atom stereocenters. The summed E-state index contributed by atoms with van der Waals surface area (Å²) in [6, 6.07) is -3.78. The normalized spacial score (nSPS) is 44.1. The highest BCUT2D eigenvalue weighted by atomic mass is 16.7. The molecule has 0 spiro atoms. The number of rotatable bonds is 11. The van der Waals surface area contributed by atoms with Gasteiger partial charge in [-0.3, -0.25) is 4.79 Å². The smallest absolute Gasteiger partial charge is 0.249 e. The number of carbonyl (C=O) groups is 1. The van der Waals surface area contributed by atoms with Crippen LogP contribution in [0.2, 0.25) is 0 Å². The van der Waals surface area contributed by atoms with Crippen molar-refractivity contribution in [3.63, 3.8) is 0 Å². The number of hydrogen-bond acceptors (Lipinski definition) is 16. The molecule has 0 bridgehead atoms. The van der Waals surface area contributed by atoms with Gasteiger partial charge in [-0.05, 0) is 32.2 Å². The number of amides is 1. The highest BCUT2D eigenvalue weighted by Crippen LogP contribution is 2.32. The lowest BCUT2D eigenvalue weighted by molar-refractivity contribution is -0.315. The van der Waals surface area contributed by atoms with Crippen LogP contribution in [0.25, 0.3) is 0 Å². The molecule has 1 amide bonds. The molecule has 17 N–H and O–H groups in total. The fourth-order valence-corrected chi connectivity index (χ4v) is 5.25. The molecule has 2 heterocycles. The van der Waals surface area contributed by atoms with Crippen LogP contribution in [0.3, 0.4) is 0 Å². The van der Waals surface area contributed by atoms with E-state index < -0.39 is 104 Å². The van der Waals surface area contributed by atoms with Crippen LogP contribution < -0.4 is 34.0 Å². The molecule has 7 unspecified atom stereocenters. The van der Waals surface area contributed by atoms with Gasteiger partial charge in [0.25, 0.3) is 0 Å². The quantitative estimate of drug-likeness (QED) is 0.108. The van der Waals surface area contributed by atoms with E-state index in [0.717, 1.165) is 0 Å². The molecule has 3 rings (SSSR count). The van der Waals surface area contributed by atoms with E-state index in [-0.39, 0.29) is 25.9 Å². The molecule has 0 aromatic carbocycles. The summed E-state index contributed by atoms with van der Waals surface area (Å²) in [6.07, 6.45) is -13.0. The summed E-state index contributed by atoms with van der Waals surface area (Å²) in [5.74, 6) is -0.787. The van der Waals surface area contributed by atoms with Crippen molar-refractivity contribution in [2.45, 2.75) is 117 Å². The van der Waals surface area contributed by atoms with Crippen molar-refractivity contribution < 1.29 is 54.4 Å². The van der Waals surface area contributed by atoms with E-state index in [1.807, 2.05) is 0 Å². The summed E-state index contributed by atoms with van der Waals surface area (Å²) < 4.78 is 23.3. The Morgan fingerprint density at radius 2 is 1.60 bits per heavy atom. The average Bonchev–Trinajstić information content (AvgIpc) is 2.93. The third-order valence-electron chi connectivity index (χ3n) is 7.72. The molecule has 17 nitrogen and oxygen atoms in total. The minimum Gasteiger partial charge on any atom is -0.394 e. The topological polar surface area (TPSA) is 318 Å². The second-order valence-corrected chi connectivity index (χ2v) is 10.7. The minimum absolute atomic E-state index is 0.0213. The number of ether oxygens (including phenoxy) is 4. The molecule has 0 radical (unpaired) electrons. The fourth-order valence-electron chi connectivity index (χ4n) is 5.25. The summed E-state index contributed by atoms with van der Waals surface area (Å²) in [4.78, 5) is 12.6. The monoisotopic (exact) mass is 582 g/mol. The standard InChI is InChI=1S/C23H46N6O11/c24-4-3-11(31)21(36)29-10-5-9(27)19(39-22-8(26)1-2-13(37-22)12(32)6-25)18(35)20(10)40-23-17(34)15(28)16(33)14(7-30)38-23/h8-20,22-23,30-35H,1-7,24-28H2,(H,29,36)/t8?,9-,10+,11-,12?,13?,14?,15-,16-,17?,18?,19?,20+,22-,23-/m0/s1. The van der Waals surface area contributed by atoms with Crippen molar-refractivity contribution in [2.24, 2.45) is 28.7 Å². The molecule has 1 aliphatic carbocycles. The summed E-state index contributed by atoms with van der Waals surface area (Å²) in [7, 11) is 0. The van der Waals surface area contributed by atoms with Gasteiger partial charge in [0, 0.05) is 12.6 Å². The van der Waals surface area contributed by atoms with Crippen LogP contribution in [0.5, 0.6) is 0 Å². The van der Waals surface area contributed by atoms with Gasteiger partial charge in [-0.1, -0.05) is 0 Å². The van der Waals surface area contributed by atoms with E-state index in [1.165, 1.54) is 0 Å². The third-order valence-corrected chi connectivity index (χ3v) is 7.72. The summed E-state index contributed by atoms with van der Waals surface area (Å²) in [6.45, 7) is -0.631. The van der Waals surface area contributed by atoms with Gasteiger partial charge >= 0.3 is 0 Å². The second kappa shape index (κ2) is 14.9. The molecule has 3 fully saturated rings. The Hall–Kier alpha value is -1.13. The number of nitrogens with two attached hydrogens (primary N) is 5. The predicted octanol–water partition coefficient (Wildman–Crippen LogP) is -7.04. The van der Waals surface area contributed by atoms with E-state index in [4.69, 9.17) is 47.6 Å². The average molecular weight is 583 g/mol. The van der Waals surface area contributed by atoms with Gasteiger partial charge < -0.3 is 83.6 Å². The maximum atomic E-state index is 12.6. The molecule has 2 saturated heterocycles. The van der Waals surface area contributed by atoms with Gasteiger partial charge in [0.1, 0.15) is 42.7 Å². The number of carbonyl (C=O) groups excluding carboxylic acids is 1. The summed E-state index contributed by atoms with van der Waals surface area (Å²) >= 11 is 0. The van der Waals surface area contributed by atoms with Crippen molar-refractivity contribution in [3.8, 4) is 0 Å². The fraction of sp³-hybridized carbons (Fsp3) is 0.957. The van der Waals surface area contributed by atoms with E-state index in [2.05, 4.69) is 5.32 Å². The Morgan fingerprint density at radius 3 is 2.23 bits per heavy atom. The lowest BCUT2D eigenvalue weighted by Gasteiger charge is -2.48. The number of hydrogen-bond donors (Lipinski definition) is 12. The molecule has 2 aliphatic heterocycles. The van der Waals surface area contributed by atoms with E-state index in [0.29, 0.717) is 12.8 Å². The molecule has 3 aliphatic rings. The lowest BCUT2D eigenvalue weighted by atomic mass is 9.83. The third kappa shape index (κ3) is 7.63. The number of aliphatic hydroxyl groups is 6. The van der Waals surface area contributed by atoms with Crippen LogP contribution in [-0.4, -0.2) is 148 Å². The van der Waals surface area contributed by atoms with Crippen molar-refractivity contribution >= 4 is 5.91 Å². The molecule has 1 saturated carbocycles. The van der Waals surface area contributed by atoms with Gasteiger partial charge in [0.05, 0.1) is 36.9 Å².